The third-order valence-electron chi connectivity index (χ3n) is 4.35. The number of aryl methyl sites for hydroxylation is 1. The summed E-state index contributed by atoms with van der Waals surface area (Å²) in [6, 6.07) is 9.97. The highest BCUT2D eigenvalue weighted by molar-refractivity contribution is 14.0. The maximum absolute atomic E-state index is 13.0. The number of nitrogens with zero attached hydrogens (tertiary/aromatic N) is 4. The summed E-state index contributed by atoms with van der Waals surface area (Å²) >= 11 is 0. The van der Waals surface area contributed by atoms with Gasteiger partial charge in [0.1, 0.15) is 29.3 Å². The Morgan fingerprint density at radius 3 is 2.55 bits per heavy atom. The quantitative estimate of drug-likeness (QED) is 0.259. The van der Waals surface area contributed by atoms with Gasteiger partial charge in [0.05, 0.1) is 13.1 Å². The van der Waals surface area contributed by atoms with Crippen molar-refractivity contribution in [1.82, 2.24) is 25.2 Å². The molecule has 2 N–H and O–H groups in total. The summed E-state index contributed by atoms with van der Waals surface area (Å²) < 4.78 is 20.7. The van der Waals surface area contributed by atoms with Crippen molar-refractivity contribution in [1.29, 1.82) is 0 Å². The molecule has 31 heavy (non-hydrogen) atoms. The molecular formula is C22H28FIN6O. The maximum Gasteiger partial charge on any atom is 0.191 e. The molecular weight excluding hydrogens is 510 g/mol. The number of halogens is 2. The highest BCUT2D eigenvalue weighted by atomic mass is 127. The van der Waals surface area contributed by atoms with Crippen LogP contribution in [0.15, 0.2) is 60.0 Å². The third-order valence-corrected chi connectivity index (χ3v) is 4.35. The third kappa shape index (κ3) is 7.50. The number of imidazole rings is 1. The molecule has 0 fully saturated rings. The fourth-order valence-corrected chi connectivity index (χ4v) is 2.81. The molecule has 7 nitrogen and oxygen atoms in total. The second kappa shape index (κ2) is 12.2. The molecule has 1 unspecified atom stereocenters. The first kappa shape index (κ1) is 24.6. The Hall–Kier alpha value is -2.69. The highest BCUT2D eigenvalue weighted by Crippen LogP contribution is 2.13. The summed E-state index contributed by atoms with van der Waals surface area (Å²) in [7, 11) is 0. The summed E-state index contributed by atoms with van der Waals surface area (Å²) in [4.78, 5) is 13.3. The van der Waals surface area contributed by atoms with Gasteiger partial charge >= 0.3 is 0 Å². The van der Waals surface area contributed by atoms with Crippen molar-refractivity contribution < 1.29 is 9.13 Å². The standard InChI is InChI=1S/C22H27FN6O.HI/c1-4-24-22(27-13-16(2)30-20-8-6-19(23)7-9-20)28-15-18-5-10-21(26-14-18)29-12-11-25-17(29)3;/h5-12,14,16H,4,13,15H2,1-3H3,(H2,24,27,28);1H. The minimum atomic E-state index is -0.280. The van der Waals surface area contributed by atoms with Gasteiger partial charge in [-0.15, -0.1) is 24.0 Å². The summed E-state index contributed by atoms with van der Waals surface area (Å²) in [5.41, 5.74) is 1.00. The average Bonchev–Trinajstić information content (AvgIpc) is 3.18. The summed E-state index contributed by atoms with van der Waals surface area (Å²) in [6.45, 7) is 7.70. The van der Waals surface area contributed by atoms with E-state index in [0.29, 0.717) is 24.8 Å². The van der Waals surface area contributed by atoms with Gasteiger partial charge in [0.25, 0.3) is 0 Å². The molecule has 2 heterocycles. The van der Waals surface area contributed by atoms with Crippen LogP contribution >= 0.6 is 24.0 Å². The van der Waals surface area contributed by atoms with Crippen molar-refractivity contribution in [2.75, 3.05) is 13.1 Å². The second-order valence-corrected chi connectivity index (χ2v) is 6.83. The number of rotatable bonds is 8. The minimum absolute atomic E-state index is 0. The molecule has 2 aromatic heterocycles. The van der Waals surface area contributed by atoms with Crippen molar-refractivity contribution in [2.24, 2.45) is 4.99 Å². The van der Waals surface area contributed by atoms with E-state index in [1.165, 1.54) is 12.1 Å². The van der Waals surface area contributed by atoms with E-state index in [9.17, 15) is 4.39 Å². The Balaban J connectivity index is 0.00000341. The van der Waals surface area contributed by atoms with Gasteiger partial charge in [0, 0.05) is 25.1 Å². The number of aliphatic imine (C=N–C) groups is 1. The van der Waals surface area contributed by atoms with Gasteiger partial charge in [-0.1, -0.05) is 6.07 Å². The van der Waals surface area contributed by atoms with Gasteiger partial charge in [-0.2, -0.15) is 0 Å². The molecule has 0 aliphatic carbocycles. The molecule has 9 heteroatoms. The molecule has 0 radical (unpaired) electrons. The van der Waals surface area contributed by atoms with E-state index in [-0.39, 0.29) is 35.9 Å². The van der Waals surface area contributed by atoms with Crippen molar-refractivity contribution >= 4 is 29.9 Å². The predicted octanol–water partition coefficient (Wildman–Crippen LogP) is 3.86. The minimum Gasteiger partial charge on any atom is -0.489 e. The Morgan fingerprint density at radius 2 is 1.94 bits per heavy atom. The van der Waals surface area contributed by atoms with E-state index in [0.717, 1.165) is 23.8 Å². The van der Waals surface area contributed by atoms with Crippen LogP contribution in [0.25, 0.3) is 5.82 Å². The summed E-state index contributed by atoms with van der Waals surface area (Å²) in [6.07, 6.45) is 5.35. The first-order valence-corrected chi connectivity index (χ1v) is 9.95. The molecule has 0 aliphatic heterocycles. The van der Waals surface area contributed by atoms with Gasteiger partial charge < -0.3 is 15.4 Å². The van der Waals surface area contributed by atoms with Crippen molar-refractivity contribution in [3.05, 3.63) is 72.2 Å². The normalized spacial score (nSPS) is 12.1. The Bertz CT molecular complexity index is 959. The zero-order chi connectivity index (χ0) is 21.3. The molecule has 0 saturated heterocycles. The number of hydrogen-bond donors (Lipinski definition) is 2. The van der Waals surface area contributed by atoms with E-state index in [2.05, 4.69) is 25.6 Å². The first-order chi connectivity index (χ1) is 14.5. The molecule has 3 aromatic rings. The molecule has 3 rings (SSSR count). The van der Waals surface area contributed by atoms with E-state index in [1.807, 2.05) is 49.9 Å². The van der Waals surface area contributed by atoms with Gasteiger partial charge in [-0.25, -0.2) is 19.4 Å². The van der Waals surface area contributed by atoms with Gasteiger partial charge in [-0.3, -0.25) is 4.57 Å². The summed E-state index contributed by atoms with van der Waals surface area (Å²) in [5, 5.41) is 6.49. The van der Waals surface area contributed by atoms with Crippen LogP contribution in [0.1, 0.15) is 25.2 Å². The van der Waals surface area contributed by atoms with E-state index >= 15 is 0 Å². The average molecular weight is 538 g/mol. The van der Waals surface area contributed by atoms with Crippen LogP contribution in [0, 0.1) is 12.7 Å². The van der Waals surface area contributed by atoms with Crippen LogP contribution in [-0.2, 0) is 6.54 Å². The van der Waals surface area contributed by atoms with E-state index < -0.39 is 0 Å². The first-order valence-electron chi connectivity index (χ1n) is 9.95. The molecule has 0 saturated carbocycles. The lowest BCUT2D eigenvalue weighted by molar-refractivity contribution is 0.223. The predicted molar refractivity (Wildman–Crippen MR) is 131 cm³/mol. The van der Waals surface area contributed by atoms with Crippen LogP contribution in [0.5, 0.6) is 5.75 Å². The molecule has 0 spiro atoms. The Kier molecular flexibility index (Phi) is 9.70. The molecule has 166 valence electrons. The summed E-state index contributed by atoms with van der Waals surface area (Å²) in [5.74, 6) is 2.77. The van der Waals surface area contributed by atoms with E-state index in [1.54, 1.807) is 18.3 Å². The lowest BCUT2D eigenvalue weighted by Crippen LogP contribution is -2.41. The lowest BCUT2D eigenvalue weighted by atomic mass is 10.3. The van der Waals surface area contributed by atoms with Gasteiger partial charge in [0.2, 0.25) is 0 Å². The highest BCUT2D eigenvalue weighted by Gasteiger charge is 2.07. The van der Waals surface area contributed by atoms with Crippen LogP contribution in [0.3, 0.4) is 0 Å². The second-order valence-electron chi connectivity index (χ2n) is 6.83. The largest absolute Gasteiger partial charge is 0.489 e. The molecule has 0 amide bonds. The number of nitrogens with one attached hydrogen (secondary N) is 2. The van der Waals surface area contributed by atoms with Gasteiger partial charge in [-0.05, 0) is 56.7 Å². The monoisotopic (exact) mass is 538 g/mol. The van der Waals surface area contributed by atoms with Crippen LogP contribution < -0.4 is 15.4 Å². The zero-order valence-electron chi connectivity index (χ0n) is 17.9. The Labute approximate surface area is 199 Å². The van der Waals surface area contributed by atoms with Crippen molar-refractivity contribution in [2.45, 2.75) is 33.4 Å². The number of hydrogen-bond acceptors (Lipinski definition) is 4. The molecule has 0 bridgehead atoms. The smallest absolute Gasteiger partial charge is 0.191 e. The van der Waals surface area contributed by atoms with Crippen LogP contribution in [0.4, 0.5) is 4.39 Å². The van der Waals surface area contributed by atoms with Crippen molar-refractivity contribution in [3.63, 3.8) is 0 Å². The number of guanidine groups is 1. The lowest BCUT2D eigenvalue weighted by Gasteiger charge is -2.17. The molecule has 1 atom stereocenters. The zero-order valence-corrected chi connectivity index (χ0v) is 20.2. The Morgan fingerprint density at radius 1 is 1.16 bits per heavy atom. The SMILES string of the molecule is CCNC(=NCc1ccc(-n2ccnc2C)nc1)NCC(C)Oc1ccc(F)cc1.I. The fourth-order valence-electron chi connectivity index (χ4n) is 2.81. The van der Waals surface area contributed by atoms with Crippen LogP contribution in [0.2, 0.25) is 0 Å². The number of aromatic nitrogens is 3. The topological polar surface area (TPSA) is 76.4 Å². The maximum atomic E-state index is 13.0. The molecule has 1 aromatic carbocycles. The fraction of sp³-hybridized carbons (Fsp3) is 0.318. The number of pyridine rings is 1. The number of benzene rings is 1. The van der Waals surface area contributed by atoms with Gasteiger partial charge in [0.15, 0.2) is 5.96 Å². The van der Waals surface area contributed by atoms with Crippen LogP contribution in [-0.4, -0.2) is 39.7 Å². The van der Waals surface area contributed by atoms with E-state index in [4.69, 9.17) is 4.74 Å². The number of ether oxygens (including phenoxy) is 1. The van der Waals surface area contributed by atoms with Crippen molar-refractivity contribution in [3.8, 4) is 11.6 Å². The molecule has 0 aliphatic rings.